The highest BCUT2D eigenvalue weighted by molar-refractivity contribution is 6.01. The summed E-state index contributed by atoms with van der Waals surface area (Å²) in [6, 6.07) is 30.5. The van der Waals surface area contributed by atoms with Crippen molar-refractivity contribution in [2.75, 3.05) is 62.6 Å². The van der Waals surface area contributed by atoms with Gasteiger partial charge in [-0.2, -0.15) is 10.4 Å². The lowest BCUT2D eigenvalue weighted by Crippen LogP contribution is -2.51. The molecule has 3 N–H and O–H groups in total. The maximum atomic E-state index is 13.5. The quantitative estimate of drug-likeness (QED) is 0.131. The first-order chi connectivity index (χ1) is 30.3. The maximum Gasteiger partial charge on any atom is 0.247 e. The van der Waals surface area contributed by atoms with Crippen LogP contribution in [0.5, 0.6) is 0 Å². The number of carbonyl (C=O) groups excluding carboxylic acids is 4. The van der Waals surface area contributed by atoms with Gasteiger partial charge in [0.15, 0.2) is 0 Å². The lowest BCUT2D eigenvalue weighted by molar-refractivity contribution is -0.135. The Labute approximate surface area is 361 Å². The van der Waals surface area contributed by atoms with Crippen molar-refractivity contribution in [3.63, 3.8) is 0 Å². The van der Waals surface area contributed by atoms with Gasteiger partial charge in [0.25, 0.3) is 0 Å². The second-order valence-corrected chi connectivity index (χ2v) is 16.4. The van der Waals surface area contributed by atoms with Crippen molar-refractivity contribution in [2.45, 2.75) is 50.6 Å². The number of imide groups is 1. The number of aromatic nitrogens is 3. The first kappa shape index (κ1) is 42.0. The van der Waals surface area contributed by atoms with Gasteiger partial charge in [0.05, 0.1) is 23.7 Å². The Balaban J connectivity index is 0.761. The molecule has 14 nitrogen and oxygen atoms in total. The molecule has 5 heterocycles. The fraction of sp³-hybridized carbons (Fsp3) is 0.354. The van der Waals surface area contributed by atoms with E-state index in [2.05, 4.69) is 54.0 Å². The minimum Gasteiger partial charge on any atom is -0.372 e. The highest BCUT2D eigenvalue weighted by atomic mass is 16.2. The molecule has 2 atom stereocenters. The van der Waals surface area contributed by atoms with Crippen molar-refractivity contribution >= 4 is 35.1 Å². The molecule has 3 aliphatic rings. The molecule has 14 heteroatoms. The van der Waals surface area contributed by atoms with E-state index in [9.17, 15) is 19.2 Å². The van der Waals surface area contributed by atoms with Crippen LogP contribution in [0, 0.1) is 17.2 Å². The minimum atomic E-state index is -0.591. The smallest absolute Gasteiger partial charge is 0.247 e. The van der Waals surface area contributed by atoms with Crippen molar-refractivity contribution in [3.05, 3.63) is 132 Å². The summed E-state index contributed by atoms with van der Waals surface area (Å²) in [6.07, 6.45) is 9.13. The van der Waals surface area contributed by atoms with E-state index in [0.29, 0.717) is 56.2 Å². The summed E-state index contributed by atoms with van der Waals surface area (Å²) < 4.78 is 1.67. The molecule has 0 saturated carbocycles. The molecule has 8 rings (SSSR count). The molecule has 5 aromatic rings. The number of anilines is 2. The Morgan fingerprint density at radius 1 is 0.839 bits per heavy atom. The lowest BCUT2D eigenvalue weighted by Gasteiger charge is -2.39. The van der Waals surface area contributed by atoms with E-state index in [0.717, 1.165) is 73.4 Å². The summed E-state index contributed by atoms with van der Waals surface area (Å²) in [5, 5.41) is 22.3. The number of pyridine rings is 1. The fourth-order valence-electron chi connectivity index (χ4n) is 8.64. The van der Waals surface area contributed by atoms with Crippen molar-refractivity contribution in [1.29, 1.82) is 5.26 Å². The van der Waals surface area contributed by atoms with Crippen LogP contribution in [0.25, 0.3) is 11.1 Å². The van der Waals surface area contributed by atoms with Crippen LogP contribution in [0.2, 0.25) is 0 Å². The van der Waals surface area contributed by atoms with Crippen LogP contribution >= 0.6 is 0 Å². The molecule has 4 amide bonds. The number of piperidine rings is 2. The standard InChI is InChI=1S/C48H52N10O4/c49-28-35-8-6-34(7-9-35)18-21-50-46(38-4-2-1-3-5-38)48(62)53-43-16-12-39(29-51-43)40-30-52-58(32-40)33-45(60)57-26-24-55(25-27-57)31-36-19-22-56(23-20-36)41-13-10-37(11-14-41)42-15-17-44(59)54-47(42)61/h1-14,16,29-30,32,36,42,46,50H,15,17-27,31,33H2,(H,51,53,62)(H,54,59,61). The van der Waals surface area contributed by atoms with Crippen LogP contribution in [0.3, 0.4) is 0 Å². The van der Waals surface area contributed by atoms with Crippen LogP contribution in [0.15, 0.2) is 110 Å². The third-order valence-electron chi connectivity index (χ3n) is 12.3. The average Bonchev–Trinajstić information content (AvgIpc) is 3.77. The molecule has 62 heavy (non-hydrogen) atoms. The summed E-state index contributed by atoms with van der Waals surface area (Å²) in [7, 11) is 0. The third kappa shape index (κ3) is 10.6. The fourth-order valence-corrected chi connectivity index (χ4v) is 8.64. The zero-order valence-electron chi connectivity index (χ0n) is 34.8. The Kier molecular flexibility index (Phi) is 13.4. The molecule has 3 fully saturated rings. The monoisotopic (exact) mass is 832 g/mol. The molecule has 3 aromatic carbocycles. The van der Waals surface area contributed by atoms with Crippen molar-refractivity contribution < 1.29 is 19.2 Å². The van der Waals surface area contributed by atoms with Gasteiger partial charge in [0, 0.05) is 88.0 Å². The predicted molar refractivity (Wildman–Crippen MR) is 236 cm³/mol. The van der Waals surface area contributed by atoms with Crippen LogP contribution in [0.1, 0.15) is 59.9 Å². The number of nitrogens with one attached hydrogen (secondary N) is 3. The molecule has 0 spiro atoms. The van der Waals surface area contributed by atoms with Gasteiger partial charge in [0.2, 0.25) is 23.6 Å². The van der Waals surface area contributed by atoms with Gasteiger partial charge < -0.3 is 20.4 Å². The van der Waals surface area contributed by atoms with Crippen LogP contribution in [0.4, 0.5) is 11.5 Å². The normalized spacial score (nSPS) is 17.9. The molecule has 318 valence electrons. The predicted octanol–water partition coefficient (Wildman–Crippen LogP) is 4.91. The van der Waals surface area contributed by atoms with Gasteiger partial charge in [0.1, 0.15) is 18.4 Å². The third-order valence-corrected chi connectivity index (χ3v) is 12.3. The number of benzene rings is 3. The summed E-state index contributed by atoms with van der Waals surface area (Å²) in [5.41, 5.74) is 6.31. The van der Waals surface area contributed by atoms with E-state index in [-0.39, 0.29) is 36.1 Å². The summed E-state index contributed by atoms with van der Waals surface area (Å²) >= 11 is 0. The number of nitrogens with zero attached hydrogens (tertiary/aromatic N) is 7. The van der Waals surface area contributed by atoms with Crippen molar-refractivity contribution in [1.82, 2.24) is 35.2 Å². The van der Waals surface area contributed by atoms with Crippen LogP contribution < -0.4 is 20.9 Å². The molecule has 2 unspecified atom stereocenters. The van der Waals surface area contributed by atoms with Gasteiger partial charge in [-0.1, -0.05) is 54.6 Å². The van der Waals surface area contributed by atoms with Gasteiger partial charge in [-0.05, 0) is 84.7 Å². The summed E-state index contributed by atoms with van der Waals surface area (Å²) in [4.78, 5) is 62.0. The van der Waals surface area contributed by atoms with Gasteiger partial charge >= 0.3 is 0 Å². The van der Waals surface area contributed by atoms with E-state index in [1.165, 1.54) is 5.69 Å². The summed E-state index contributed by atoms with van der Waals surface area (Å²) in [6.45, 7) is 6.83. The Morgan fingerprint density at radius 2 is 1.60 bits per heavy atom. The molecule has 3 saturated heterocycles. The molecule has 3 aliphatic heterocycles. The van der Waals surface area contributed by atoms with Gasteiger partial charge in [-0.3, -0.25) is 34.1 Å². The second kappa shape index (κ2) is 19.8. The maximum absolute atomic E-state index is 13.5. The average molecular weight is 833 g/mol. The molecule has 0 bridgehead atoms. The second-order valence-electron chi connectivity index (χ2n) is 16.4. The highest BCUT2D eigenvalue weighted by Crippen LogP contribution is 2.29. The lowest BCUT2D eigenvalue weighted by atomic mass is 9.90. The largest absolute Gasteiger partial charge is 0.372 e. The number of rotatable bonds is 14. The minimum absolute atomic E-state index is 0.0471. The van der Waals surface area contributed by atoms with Crippen LogP contribution in [-0.4, -0.2) is 101 Å². The van der Waals surface area contributed by atoms with Gasteiger partial charge in [-0.25, -0.2) is 4.98 Å². The molecule has 0 radical (unpaired) electrons. The number of hydrogen-bond donors (Lipinski definition) is 3. The zero-order chi connectivity index (χ0) is 42.8. The molecule has 2 aromatic heterocycles. The first-order valence-electron chi connectivity index (χ1n) is 21.5. The van der Waals surface area contributed by atoms with E-state index in [4.69, 9.17) is 5.26 Å². The van der Waals surface area contributed by atoms with E-state index >= 15 is 0 Å². The highest BCUT2D eigenvalue weighted by Gasteiger charge is 2.29. The number of hydrogen-bond acceptors (Lipinski definition) is 10. The molecular weight excluding hydrogens is 781 g/mol. The number of piperazine rings is 1. The molecule has 0 aliphatic carbocycles. The van der Waals surface area contributed by atoms with E-state index < -0.39 is 6.04 Å². The molecular formula is C48H52N10O4. The number of carbonyl (C=O) groups is 4. The SMILES string of the molecule is N#Cc1ccc(CCNC(C(=O)Nc2ccc(-c3cnn(CC(=O)N4CCN(CC5CCN(c6ccc(C7CCC(=O)NC7=O)cc6)CC5)CC4)c3)cn2)c2ccccc2)cc1. The summed E-state index contributed by atoms with van der Waals surface area (Å²) in [5.74, 6) is 0.205. The van der Waals surface area contributed by atoms with E-state index in [1.807, 2.05) is 71.8 Å². The van der Waals surface area contributed by atoms with E-state index in [1.54, 1.807) is 35.3 Å². The van der Waals surface area contributed by atoms with Crippen molar-refractivity contribution in [3.8, 4) is 17.2 Å². The first-order valence-corrected chi connectivity index (χ1v) is 21.5. The van der Waals surface area contributed by atoms with Crippen LogP contribution in [-0.2, 0) is 32.1 Å². The Morgan fingerprint density at radius 3 is 2.29 bits per heavy atom. The Bertz CT molecular complexity index is 2360. The topological polar surface area (TPSA) is 169 Å². The number of amides is 4. The van der Waals surface area contributed by atoms with Gasteiger partial charge in [-0.15, -0.1) is 0 Å². The zero-order valence-corrected chi connectivity index (χ0v) is 34.8. The Hall–Kier alpha value is -6.69. The number of nitriles is 1. The van der Waals surface area contributed by atoms with Crippen molar-refractivity contribution in [2.24, 2.45) is 5.92 Å².